The summed E-state index contributed by atoms with van der Waals surface area (Å²) in [6, 6.07) is 9.23. The quantitative estimate of drug-likeness (QED) is 0.554. The molecule has 71 valence electrons. The number of Topliss-reactive ketones (excluding diaryl/α,β-unsaturated/α-hetero) is 1. The minimum Gasteiger partial charge on any atom is -0.358 e. The van der Waals surface area contributed by atoms with Crippen LogP contribution >= 0.6 is 0 Å². The molecular weight excluding hydrogens is 237 g/mol. The SMILES string of the molecule is CC.CC(=O)c1ccccc1.[CH3-].[Y]. The van der Waals surface area contributed by atoms with Crippen LogP contribution in [-0.2, 0) is 32.7 Å². The largest absolute Gasteiger partial charge is 0.358 e. The molecule has 0 aliphatic rings. The number of rotatable bonds is 1. The smallest absolute Gasteiger partial charge is 0.159 e. The van der Waals surface area contributed by atoms with Crippen LogP contribution in [0.3, 0.4) is 0 Å². The van der Waals surface area contributed by atoms with Gasteiger partial charge in [-0.1, -0.05) is 44.2 Å². The van der Waals surface area contributed by atoms with E-state index in [0.29, 0.717) is 0 Å². The van der Waals surface area contributed by atoms with Crippen molar-refractivity contribution in [1.29, 1.82) is 0 Å². The molecule has 0 unspecified atom stereocenters. The Kier molecular flexibility index (Phi) is 17.3. The van der Waals surface area contributed by atoms with Gasteiger partial charge in [-0.05, 0) is 6.92 Å². The first-order valence-corrected chi connectivity index (χ1v) is 3.86. The third-order valence-electron chi connectivity index (χ3n) is 1.18. The summed E-state index contributed by atoms with van der Waals surface area (Å²) in [6.45, 7) is 5.56. The van der Waals surface area contributed by atoms with Crippen LogP contribution in [0.1, 0.15) is 31.1 Å². The van der Waals surface area contributed by atoms with Gasteiger partial charge in [-0.2, -0.15) is 0 Å². The molecule has 0 aliphatic carbocycles. The molecule has 0 N–H and O–H groups in total. The third kappa shape index (κ3) is 8.33. The zero-order valence-corrected chi connectivity index (χ0v) is 11.7. The number of hydrogen-bond acceptors (Lipinski definition) is 1. The number of ketones is 1. The van der Waals surface area contributed by atoms with Gasteiger partial charge in [0.2, 0.25) is 0 Å². The minimum atomic E-state index is 0. The van der Waals surface area contributed by atoms with Crippen LogP contribution in [0.4, 0.5) is 0 Å². The van der Waals surface area contributed by atoms with E-state index in [9.17, 15) is 4.79 Å². The fourth-order valence-electron chi connectivity index (χ4n) is 0.673. The number of carbonyl (C=O) groups is 1. The molecule has 0 atom stereocenters. The van der Waals surface area contributed by atoms with Gasteiger partial charge >= 0.3 is 0 Å². The standard InChI is InChI=1S/C8H8O.C2H6.CH3.Y/c1-7(9)8-5-3-2-4-6-8;1-2;;/h2-6H,1H3;1-2H3;1H3;/q;;-1;. The van der Waals surface area contributed by atoms with Crippen molar-refractivity contribution in [2.75, 3.05) is 0 Å². The van der Waals surface area contributed by atoms with Gasteiger partial charge in [-0.25, -0.2) is 0 Å². The number of hydrogen-bond donors (Lipinski definition) is 0. The van der Waals surface area contributed by atoms with Crippen LogP contribution < -0.4 is 0 Å². The monoisotopic (exact) mass is 254 g/mol. The van der Waals surface area contributed by atoms with Crippen molar-refractivity contribution >= 4 is 5.78 Å². The Hall–Kier alpha value is -0.00610. The maximum atomic E-state index is 10.6. The predicted octanol–water partition coefficient (Wildman–Crippen LogP) is 3.36. The van der Waals surface area contributed by atoms with Crippen LogP contribution in [0.15, 0.2) is 30.3 Å². The summed E-state index contributed by atoms with van der Waals surface area (Å²) in [5.74, 6) is 0.121. The van der Waals surface area contributed by atoms with E-state index >= 15 is 0 Å². The summed E-state index contributed by atoms with van der Waals surface area (Å²) >= 11 is 0. The summed E-state index contributed by atoms with van der Waals surface area (Å²) < 4.78 is 0. The molecule has 0 fully saturated rings. The Bertz CT molecular complexity index is 207. The second-order valence-electron chi connectivity index (χ2n) is 1.92. The average Bonchev–Trinajstić information content (AvgIpc) is 2.10. The van der Waals surface area contributed by atoms with Gasteiger partial charge in [-0.15, -0.1) is 0 Å². The van der Waals surface area contributed by atoms with E-state index in [4.69, 9.17) is 0 Å². The van der Waals surface area contributed by atoms with E-state index in [2.05, 4.69) is 0 Å². The van der Waals surface area contributed by atoms with Crippen LogP contribution in [0.2, 0.25) is 0 Å². The average molecular weight is 254 g/mol. The molecule has 2 heteroatoms. The Morgan fingerprint density at radius 1 is 1.08 bits per heavy atom. The molecule has 0 saturated carbocycles. The summed E-state index contributed by atoms with van der Waals surface area (Å²) in [5.41, 5.74) is 0.775. The summed E-state index contributed by atoms with van der Waals surface area (Å²) in [7, 11) is 0. The van der Waals surface area contributed by atoms with Gasteiger partial charge in [-0.3, -0.25) is 4.79 Å². The van der Waals surface area contributed by atoms with E-state index in [0.717, 1.165) is 5.56 Å². The van der Waals surface area contributed by atoms with Crippen molar-refractivity contribution in [2.24, 2.45) is 0 Å². The summed E-state index contributed by atoms with van der Waals surface area (Å²) in [5, 5.41) is 0. The van der Waals surface area contributed by atoms with E-state index in [-0.39, 0.29) is 45.9 Å². The minimum absolute atomic E-state index is 0. The van der Waals surface area contributed by atoms with Crippen LogP contribution in [0.5, 0.6) is 0 Å². The topological polar surface area (TPSA) is 17.1 Å². The van der Waals surface area contributed by atoms with Crippen molar-refractivity contribution in [3.05, 3.63) is 43.3 Å². The molecule has 0 amide bonds. The van der Waals surface area contributed by atoms with Crippen molar-refractivity contribution in [3.8, 4) is 0 Å². The predicted molar refractivity (Wildman–Crippen MR) is 54.2 cm³/mol. The summed E-state index contributed by atoms with van der Waals surface area (Å²) in [4.78, 5) is 10.6. The number of benzene rings is 1. The van der Waals surface area contributed by atoms with Crippen molar-refractivity contribution in [3.63, 3.8) is 0 Å². The molecule has 0 heterocycles. The van der Waals surface area contributed by atoms with Crippen molar-refractivity contribution in [1.82, 2.24) is 0 Å². The first kappa shape index (κ1) is 18.7. The molecule has 0 saturated heterocycles. The fourth-order valence-corrected chi connectivity index (χ4v) is 0.673. The first-order chi connectivity index (χ1) is 5.30. The normalized spacial score (nSPS) is 6.69. The summed E-state index contributed by atoms with van der Waals surface area (Å²) in [6.07, 6.45) is 0. The second-order valence-corrected chi connectivity index (χ2v) is 1.92. The molecule has 1 nitrogen and oxygen atoms in total. The van der Waals surface area contributed by atoms with Crippen LogP contribution in [0.25, 0.3) is 0 Å². The zero-order valence-electron chi connectivity index (χ0n) is 8.87. The van der Waals surface area contributed by atoms with Crippen LogP contribution in [-0.4, -0.2) is 5.78 Å². The molecular formula is C11H17OY-. The van der Waals surface area contributed by atoms with Gasteiger partial charge in [0.1, 0.15) is 0 Å². The molecule has 0 aliphatic heterocycles. The van der Waals surface area contributed by atoms with E-state index < -0.39 is 0 Å². The molecule has 0 bridgehead atoms. The molecule has 1 aromatic carbocycles. The molecule has 1 aromatic rings. The Labute approximate surface area is 107 Å². The van der Waals surface area contributed by atoms with Crippen molar-refractivity contribution in [2.45, 2.75) is 20.8 Å². The third-order valence-corrected chi connectivity index (χ3v) is 1.18. The second kappa shape index (κ2) is 12.0. The molecule has 13 heavy (non-hydrogen) atoms. The fraction of sp³-hybridized carbons (Fsp3) is 0.273. The maximum absolute atomic E-state index is 10.6. The van der Waals surface area contributed by atoms with Crippen molar-refractivity contribution < 1.29 is 37.5 Å². The van der Waals surface area contributed by atoms with E-state index in [1.54, 1.807) is 6.92 Å². The molecule has 0 spiro atoms. The molecule has 0 aromatic heterocycles. The van der Waals surface area contributed by atoms with Gasteiger partial charge in [0.05, 0.1) is 0 Å². The Balaban J connectivity index is -0.000000234. The van der Waals surface area contributed by atoms with Gasteiger partial charge in [0, 0.05) is 38.3 Å². The zero-order chi connectivity index (χ0) is 8.69. The van der Waals surface area contributed by atoms with E-state index in [1.807, 2.05) is 44.2 Å². The maximum Gasteiger partial charge on any atom is 0.159 e. The molecule has 1 rings (SSSR count). The first-order valence-electron chi connectivity index (χ1n) is 3.86. The van der Waals surface area contributed by atoms with Crippen LogP contribution in [0, 0.1) is 7.43 Å². The van der Waals surface area contributed by atoms with Gasteiger partial charge in [0.25, 0.3) is 0 Å². The Morgan fingerprint density at radius 3 is 1.69 bits per heavy atom. The van der Waals surface area contributed by atoms with Gasteiger partial charge in [0.15, 0.2) is 5.78 Å². The van der Waals surface area contributed by atoms with E-state index in [1.165, 1.54) is 0 Å². The molecule has 1 radical (unpaired) electrons. The van der Waals surface area contributed by atoms with Gasteiger partial charge < -0.3 is 7.43 Å². The number of carbonyl (C=O) groups excluding carboxylic acids is 1. The Morgan fingerprint density at radius 2 is 1.46 bits per heavy atom.